The molecular weight excluding hydrogens is 300 g/mol. The number of pyridine rings is 1. The number of hydrogen-bond acceptors (Lipinski definition) is 6. The van der Waals surface area contributed by atoms with Gasteiger partial charge in [-0.05, 0) is 31.4 Å². The summed E-state index contributed by atoms with van der Waals surface area (Å²) in [6.45, 7) is 5.61. The maximum Gasteiger partial charge on any atom is 0.290 e. The van der Waals surface area contributed by atoms with Gasteiger partial charge < -0.3 is 19.7 Å². The van der Waals surface area contributed by atoms with Crippen molar-refractivity contribution in [2.24, 2.45) is 0 Å². The van der Waals surface area contributed by atoms with E-state index < -0.39 is 5.60 Å². The molecule has 7 nitrogen and oxygen atoms in total. The third-order valence-electron chi connectivity index (χ3n) is 4.17. The second kappa shape index (κ2) is 8.35. The predicted molar refractivity (Wildman–Crippen MR) is 82.9 cm³/mol. The van der Waals surface area contributed by atoms with Gasteiger partial charge in [0.05, 0.1) is 18.9 Å². The SMILES string of the molecule is Cc1ccc(C2(O)CCN(CC3OCCO3)CC2)nc1.O=CO. The third-order valence-corrected chi connectivity index (χ3v) is 4.17. The monoisotopic (exact) mass is 324 g/mol. The largest absolute Gasteiger partial charge is 0.483 e. The standard InChI is InChI=1S/C15H22N2O3.CH2O2/c1-12-2-3-13(16-10-12)15(18)4-6-17(7-5-15)11-14-19-8-9-20-14;2-1-3/h2-3,10,14,18H,4-9,11H2,1H3;1H,(H,2,3). The van der Waals surface area contributed by atoms with Gasteiger partial charge in [-0.2, -0.15) is 0 Å². The molecule has 0 aliphatic carbocycles. The maximum atomic E-state index is 10.8. The zero-order valence-corrected chi connectivity index (χ0v) is 13.4. The molecule has 0 aromatic carbocycles. The molecule has 23 heavy (non-hydrogen) atoms. The highest BCUT2D eigenvalue weighted by Gasteiger charge is 2.36. The van der Waals surface area contributed by atoms with E-state index in [4.69, 9.17) is 19.4 Å². The molecule has 0 bridgehead atoms. The second-order valence-electron chi connectivity index (χ2n) is 5.83. The van der Waals surface area contributed by atoms with Crippen molar-refractivity contribution in [1.82, 2.24) is 9.88 Å². The van der Waals surface area contributed by atoms with Gasteiger partial charge in [-0.25, -0.2) is 0 Å². The van der Waals surface area contributed by atoms with Crippen molar-refractivity contribution >= 4 is 6.47 Å². The van der Waals surface area contributed by atoms with Crippen LogP contribution >= 0.6 is 0 Å². The summed E-state index contributed by atoms with van der Waals surface area (Å²) in [5.41, 5.74) is 1.11. The number of carboxylic acid groups (broad SMARTS) is 1. The van der Waals surface area contributed by atoms with E-state index in [0.717, 1.165) is 30.9 Å². The van der Waals surface area contributed by atoms with E-state index in [-0.39, 0.29) is 12.8 Å². The Hall–Kier alpha value is -1.54. The molecule has 0 unspecified atom stereocenters. The molecule has 3 heterocycles. The van der Waals surface area contributed by atoms with Gasteiger partial charge in [0.1, 0.15) is 5.60 Å². The molecule has 128 valence electrons. The minimum Gasteiger partial charge on any atom is -0.483 e. The number of aliphatic hydroxyl groups is 1. The number of hydrogen-bond donors (Lipinski definition) is 2. The highest BCUT2D eigenvalue weighted by molar-refractivity contribution is 5.32. The smallest absolute Gasteiger partial charge is 0.290 e. The minimum absolute atomic E-state index is 0.0984. The average molecular weight is 324 g/mol. The zero-order valence-electron chi connectivity index (χ0n) is 13.4. The fraction of sp³-hybridized carbons (Fsp3) is 0.625. The van der Waals surface area contributed by atoms with Crippen LogP contribution in [-0.4, -0.2) is 65.7 Å². The van der Waals surface area contributed by atoms with Crippen molar-refractivity contribution in [3.63, 3.8) is 0 Å². The molecule has 0 spiro atoms. The Morgan fingerprint density at radius 2 is 1.96 bits per heavy atom. The van der Waals surface area contributed by atoms with Crippen LogP contribution < -0.4 is 0 Å². The van der Waals surface area contributed by atoms with Crippen molar-refractivity contribution in [2.75, 3.05) is 32.8 Å². The van der Waals surface area contributed by atoms with Crippen LogP contribution in [0.2, 0.25) is 0 Å². The Kier molecular flexibility index (Phi) is 6.47. The van der Waals surface area contributed by atoms with E-state index in [0.29, 0.717) is 26.1 Å². The average Bonchev–Trinajstić information content (AvgIpc) is 3.04. The third kappa shape index (κ3) is 4.97. The van der Waals surface area contributed by atoms with Crippen molar-refractivity contribution < 1.29 is 24.5 Å². The van der Waals surface area contributed by atoms with Crippen LogP contribution in [-0.2, 0) is 19.9 Å². The lowest BCUT2D eigenvalue weighted by atomic mass is 9.87. The number of nitrogens with zero attached hydrogens (tertiary/aromatic N) is 2. The van der Waals surface area contributed by atoms with Gasteiger partial charge in [-0.15, -0.1) is 0 Å². The summed E-state index contributed by atoms with van der Waals surface area (Å²) in [6, 6.07) is 3.95. The van der Waals surface area contributed by atoms with Crippen molar-refractivity contribution in [3.05, 3.63) is 29.6 Å². The molecule has 0 atom stereocenters. The number of rotatable bonds is 3. The van der Waals surface area contributed by atoms with Crippen LogP contribution in [0.5, 0.6) is 0 Å². The van der Waals surface area contributed by atoms with E-state index in [1.54, 1.807) is 0 Å². The Labute approximate surface area is 135 Å². The summed E-state index contributed by atoms with van der Waals surface area (Å²) in [5, 5.41) is 17.6. The highest BCUT2D eigenvalue weighted by atomic mass is 16.7. The van der Waals surface area contributed by atoms with Crippen LogP contribution in [0.3, 0.4) is 0 Å². The Morgan fingerprint density at radius 1 is 1.35 bits per heavy atom. The molecule has 2 aliphatic heterocycles. The van der Waals surface area contributed by atoms with Crippen molar-refractivity contribution in [2.45, 2.75) is 31.7 Å². The van der Waals surface area contributed by atoms with E-state index >= 15 is 0 Å². The lowest BCUT2D eigenvalue weighted by molar-refractivity contribution is -0.122. The fourth-order valence-corrected chi connectivity index (χ4v) is 2.83. The summed E-state index contributed by atoms with van der Waals surface area (Å²) in [5.74, 6) is 0. The Balaban J connectivity index is 0.000000595. The number of carbonyl (C=O) groups is 1. The van der Waals surface area contributed by atoms with E-state index in [9.17, 15) is 5.11 Å². The molecule has 0 saturated carbocycles. The highest BCUT2D eigenvalue weighted by Crippen LogP contribution is 2.31. The summed E-state index contributed by atoms with van der Waals surface area (Å²) in [7, 11) is 0. The Morgan fingerprint density at radius 3 is 2.48 bits per heavy atom. The van der Waals surface area contributed by atoms with Gasteiger partial charge in [0.25, 0.3) is 6.47 Å². The van der Waals surface area contributed by atoms with Crippen LogP contribution in [0.4, 0.5) is 0 Å². The molecule has 0 radical (unpaired) electrons. The quantitative estimate of drug-likeness (QED) is 0.793. The number of ether oxygens (including phenoxy) is 2. The lowest BCUT2D eigenvalue weighted by Crippen LogP contribution is -2.45. The molecule has 2 saturated heterocycles. The number of aryl methyl sites for hydroxylation is 1. The van der Waals surface area contributed by atoms with E-state index in [2.05, 4.69) is 9.88 Å². The number of piperidine rings is 1. The molecule has 1 aromatic heterocycles. The normalized spacial score (nSPS) is 21.5. The predicted octanol–water partition coefficient (Wildman–Crippen LogP) is 0.747. The first-order valence-electron chi connectivity index (χ1n) is 7.76. The van der Waals surface area contributed by atoms with Gasteiger partial charge >= 0.3 is 0 Å². The molecule has 2 fully saturated rings. The maximum absolute atomic E-state index is 10.8. The van der Waals surface area contributed by atoms with Gasteiger partial charge in [-0.3, -0.25) is 14.7 Å². The van der Waals surface area contributed by atoms with Crippen molar-refractivity contribution in [1.29, 1.82) is 0 Å². The molecule has 1 aromatic rings. The molecular formula is C16H24N2O5. The molecule has 2 aliphatic rings. The topological polar surface area (TPSA) is 92.1 Å². The summed E-state index contributed by atoms with van der Waals surface area (Å²) < 4.78 is 10.9. The number of aromatic nitrogens is 1. The zero-order chi connectivity index (χ0) is 16.7. The van der Waals surface area contributed by atoms with Crippen molar-refractivity contribution in [3.8, 4) is 0 Å². The van der Waals surface area contributed by atoms with Gasteiger partial charge in [0.2, 0.25) is 0 Å². The fourth-order valence-electron chi connectivity index (χ4n) is 2.83. The van der Waals surface area contributed by atoms with Gasteiger partial charge in [0.15, 0.2) is 6.29 Å². The lowest BCUT2D eigenvalue weighted by Gasteiger charge is -2.38. The number of likely N-dealkylation sites (tertiary alicyclic amines) is 1. The molecule has 0 amide bonds. The summed E-state index contributed by atoms with van der Waals surface area (Å²) in [6.07, 6.45) is 3.13. The van der Waals surface area contributed by atoms with Crippen LogP contribution in [0.15, 0.2) is 18.3 Å². The molecule has 7 heteroatoms. The van der Waals surface area contributed by atoms with E-state index in [1.807, 2.05) is 25.3 Å². The molecule has 2 N–H and O–H groups in total. The Bertz CT molecular complexity index is 480. The summed E-state index contributed by atoms with van der Waals surface area (Å²) in [4.78, 5) is 15.0. The first-order chi connectivity index (χ1) is 11.1. The van der Waals surface area contributed by atoms with Crippen LogP contribution in [0.25, 0.3) is 0 Å². The van der Waals surface area contributed by atoms with Crippen LogP contribution in [0.1, 0.15) is 24.1 Å². The van der Waals surface area contributed by atoms with Gasteiger partial charge in [0, 0.05) is 25.8 Å². The molecule has 3 rings (SSSR count). The first-order valence-corrected chi connectivity index (χ1v) is 7.76. The van der Waals surface area contributed by atoms with Crippen LogP contribution in [0, 0.1) is 6.92 Å². The summed E-state index contributed by atoms with van der Waals surface area (Å²) >= 11 is 0. The first kappa shape index (κ1) is 17.8. The second-order valence-corrected chi connectivity index (χ2v) is 5.83. The minimum atomic E-state index is -0.790. The van der Waals surface area contributed by atoms with Gasteiger partial charge in [-0.1, -0.05) is 6.07 Å². The van der Waals surface area contributed by atoms with E-state index in [1.165, 1.54) is 0 Å².